The molecule has 26 heavy (non-hydrogen) atoms. The summed E-state index contributed by atoms with van der Waals surface area (Å²) in [5.41, 5.74) is 0.511. The van der Waals surface area contributed by atoms with Crippen molar-refractivity contribution >= 4 is 11.7 Å². The van der Waals surface area contributed by atoms with Gasteiger partial charge in [-0.2, -0.15) is 9.50 Å². The van der Waals surface area contributed by atoms with E-state index in [1.165, 1.54) is 23.8 Å². The van der Waals surface area contributed by atoms with Crippen molar-refractivity contribution in [2.45, 2.75) is 65.5 Å². The summed E-state index contributed by atoms with van der Waals surface area (Å²) >= 11 is 0. The van der Waals surface area contributed by atoms with Crippen LogP contribution in [0.1, 0.15) is 61.9 Å². The molecule has 2 N–H and O–H groups in total. The van der Waals surface area contributed by atoms with Crippen molar-refractivity contribution in [3.8, 4) is 0 Å². The molecule has 0 bridgehead atoms. The smallest absolute Gasteiger partial charge is 0.289 e. The van der Waals surface area contributed by atoms with Crippen LogP contribution in [0, 0.1) is 13.8 Å². The number of carbonyl (C=O) groups excluding carboxylic acids is 1. The van der Waals surface area contributed by atoms with E-state index in [-0.39, 0.29) is 23.1 Å². The van der Waals surface area contributed by atoms with Gasteiger partial charge in [-0.15, -0.1) is 0 Å². The Morgan fingerprint density at radius 3 is 2.73 bits per heavy atom. The second-order valence-corrected chi connectivity index (χ2v) is 7.99. The average molecular weight is 360 g/mol. The SMILES string of the molecule is Cc1nc2nc(C(=O)NC(C)(C)CN3CCCC[C@@H]3C)[nH]n2c(=O)c1C. The van der Waals surface area contributed by atoms with Crippen LogP contribution in [0.3, 0.4) is 0 Å². The number of piperidine rings is 1. The van der Waals surface area contributed by atoms with Crippen LogP contribution in [0.15, 0.2) is 4.79 Å². The van der Waals surface area contributed by atoms with E-state index in [2.05, 4.69) is 32.2 Å². The lowest BCUT2D eigenvalue weighted by Crippen LogP contribution is -2.54. The van der Waals surface area contributed by atoms with Crippen LogP contribution in [0.4, 0.5) is 0 Å². The lowest BCUT2D eigenvalue weighted by molar-refractivity contribution is 0.0825. The number of hydrogen-bond acceptors (Lipinski definition) is 5. The largest absolute Gasteiger partial charge is 0.343 e. The van der Waals surface area contributed by atoms with Crippen molar-refractivity contribution in [1.82, 2.24) is 29.8 Å². The normalized spacial score (nSPS) is 19.0. The van der Waals surface area contributed by atoms with Gasteiger partial charge < -0.3 is 5.32 Å². The van der Waals surface area contributed by atoms with Crippen LogP contribution in [-0.4, -0.2) is 55.1 Å². The molecule has 0 saturated carbocycles. The van der Waals surface area contributed by atoms with Crippen molar-refractivity contribution in [1.29, 1.82) is 0 Å². The van der Waals surface area contributed by atoms with E-state index in [0.717, 1.165) is 13.1 Å². The fourth-order valence-electron chi connectivity index (χ4n) is 3.51. The highest BCUT2D eigenvalue weighted by Crippen LogP contribution is 2.19. The Hall–Kier alpha value is -2.22. The highest BCUT2D eigenvalue weighted by Gasteiger charge is 2.29. The van der Waals surface area contributed by atoms with Crippen LogP contribution < -0.4 is 10.9 Å². The van der Waals surface area contributed by atoms with Gasteiger partial charge in [0.2, 0.25) is 5.82 Å². The van der Waals surface area contributed by atoms with Gasteiger partial charge in [0.15, 0.2) is 0 Å². The number of hydrogen-bond donors (Lipinski definition) is 2. The fourth-order valence-corrected chi connectivity index (χ4v) is 3.51. The zero-order valence-corrected chi connectivity index (χ0v) is 16.2. The molecule has 1 saturated heterocycles. The van der Waals surface area contributed by atoms with E-state index in [1.807, 2.05) is 13.8 Å². The topological polar surface area (TPSA) is 95.4 Å². The van der Waals surface area contributed by atoms with Gasteiger partial charge in [0.05, 0.1) is 0 Å². The molecule has 1 amide bonds. The molecule has 0 aliphatic carbocycles. The number of nitrogens with one attached hydrogen (secondary N) is 2. The Bertz CT molecular complexity index is 882. The molecule has 2 aromatic heterocycles. The molecule has 3 rings (SSSR count). The third-order valence-electron chi connectivity index (χ3n) is 5.17. The molecule has 1 atom stereocenters. The Labute approximate surface area is 153 Å². The number of carbonyl (C=O) groups is 1. The molecule has 2 aromatic rings. The first-order valence-electron chi connectivity index (χ1n) is 9.20. The maximum Gasteiger partial charge on any atom is 0.289 e. The van der Waals surface area contributed by atoms with E-state index in [4.69, 9.17) is 0 Å². The van der Waals surface area contributed by atoms with Crippen LogP contribution in [0.5, 0.6) is 0 Å². The van der Waals surface area contributed by atoms with Crippen molar-refractivity contribution in [2.75, 3.05) is 13.1 Å². The van der Waals surface area contributed by atoms with Crippen molar-refractivity contribution < 1.29 is 4.79 Å². The molecule has 1 aliphatic rings. The minimum Gasteiger partial charge on any atom is -0.343 e. The number of H-pyrrole nitrogens is 1. The average Bonchev–Trinajstić information content (AvgIpc) is 2.98. The predicted molar refractivity (Wildman–Crippen MR) is 99.5 cm³/mol. The molecular formula is C18H28N6O2. The number of aryl methyl sites for hydroxylation is 1. The van der Waals surface area contributed by atoms with E-state index in [9.17, 15) is 9.59 Å². The second-order valence-electron chi connectivity index (χ2n) is 7.99. The second kappa shape index (κ2) is 6.83. The van der Waals surface area contributed by atoms with Gasteiger partial charge in [0, 0.05) is 29.4 Å². The molecule has 8 nitrogen and oxygen atoms in total. The zero-order valence-electron chi connectivity index (χ0n) is 16.2. The molecule has 0 unspecified atom stereocenters. The Balaban J connectivity index is 1.77. The van der Waals surface area contributed by atoms with Crippen molar-refractivity contribution in [3.63, 3.8) is 0 Å². The van der Waals surface area contributed by atoms with Gasteiger partial charge in [-0.3, -0.25) is 19.6 Å². The molecule has 1 fully saturated rings. The molecule has 3 heterocycles. The first-order chi connectivity index (χ1) is 12.2. The fraction of sp³-hybridized carbons (Fsp3) is 0.667. The highest BCUT2D eigenvalue weighted by molar-refractivity contribution is 5.91. The number of rotatable bonds is 4. The highest BCUT2D eigenvalue weighted by atomic mass is 16.2. The molecule has 8 heteroatoms. The van der Waals surface area contributed by atoms with Crippen molar-refractivity contribution in [3.05, 3.63) is 27.4 Å². The quantitative estimate of drug-likeness (QED) is 0.860. The van der Waals surface area contributed by atoms with E-state index in [1.54, 1.807) is 13.8 Å². The number of aromatic nitrogens is 4. The predicted octanol–water partition coefficient (Wildman–Crippen LogP) is 1.42. The molecule has 0 spiro atoms. The Kier molecular flexibility index (Phi) is 4.88. The maximum atomic E-state index is 12.7. The van der Waals surface area contributed by atoms with Gasteiger partial charge in [0.1, 0.15) is 0 Å². The van der Waals surface area contributed by atoms with Gasteiger partial charge >= 0.3 is 0 Å². The van der Waals surface area contributed by atoms with Crippen LogP contribution in [0.2, 0.25) is 0 Å². The summed E-state index contributed by atoms with van der Waals surface area (Å²) in [6.07, 6.45) is 3.66. The van der Waals surface area contributed by atoms with E-state index >= 15 is 0 Å². The summed E-state index contributed by atoms with van der Waals surface area (Å²) in [4.78, 5) is 35.8. The molecule has 1 aliphatic heterocycles. The van der Waals surface area contributed by atoms with Gasteiger partial charge in [-0.25, -0.2) is 4.98 Å². The first-order valence-corrected chi connectivity index (χ1v) is 9.20. The Morgan fingerprint density at radius 1 is 1.31 bits per heavy atom. The lowest BCUT2D eigenvalue weighted by atomic mass is 9.98. The summed E-state index contributed by atoms with van der Waals surface area (Å²) in [6.45, 7) is 11.6. The maximum absolute atomic E-state index is 12.7. The van der Waals surface area contributed by atoms with Gasteiger partial charge in [0.25, 0.3) is 17.2 Å². The number of amides is 1. The third-order valence-corrected chi connectivity index (χ3v) is 5.17. The molecule has 142 valence electrons. The Morgan fingerprint density at radius 2 is 2.04 bits per heavy atom. The lowest BCUT2D eigenvalue weighted by Gasteiger charge is -2.39. The summed E-state index contributed by atoms with van der Waals surface area (Å²) < 4.78 is 1.22. The van der Waals surface area contributed by atoms with Gasteiger partial charge in [-0.05, 0) is 54.0 Å². The summed E-state index contributed by atoms with van der Waals surface area (Å²) in [7, 11) is 0. The molecule has 0 aromatic carbocycles. The monoisotopic (exact) mass is 360 g/mol. The molecule has 0 radical (unpaired) electrons. The van der Waals surface area contributed by atoms with E-state index in [0.29, 0.717) is 17.3 Å². The van der Waals surface area contributed by atoms with Crippen molar-refractivity contribution in [2.24, 2.45) is 0 Å². The van der Waals surface area contributed by atoms with E-state index < -0.39 is 5.54 Å². The minimum absolute atomic E-state index is 0.0966. The summed E-state index contributed by atoms with van der Waals surface area (Å²) in [5.74, 6) is -0.0232. The van der Waals surface area contributed by atoms with Gasteiger partial charge in [-0.1, -0.05) is 6.42 Å². The van der Waals surface area contributed by atoms with Crippen LogP contribution in [0.25, 0.3) is 5.78 Å². The standard InChI is InChI=1S/C18H28N6O2/c1-11-8-6-7-9-23(11)10-18(4,5)21-15(25)14-20-17-19-13(3)12(2)16(26)24(17)22-14/h11H,6-10H2,1-5H3,(H,21,25)(H,19,20,22)/t11-/m0/s1. The minimum atomic E-state index is -0.411. The summed E-state index contributed by atoms with van der Waals surface area (Å²) in [6, 6.07) is 0.528. The third kappa shape index (κ3) is 3.65. The van der Waals surface area contributed by atoms with Crippen LogP contribution in [-0.2, 0) is 0 Å². The first kappa shape index (κ1) is 18.6. The number of aromatic amines is 1. The molecular weight excluding hydrogens is 332 g/mol. The zero-order chi connectivity index (χ0) is 19.1. The number of nitrogens with zero attached hydrogens (tertiary/aromatic N) is 4. The summed E-state index contributed by atoms with van der Waals surface area (Å²) in [5, 5.41) is 5.80. The number of likely N-dealkylation sites (tertiary alicyclic amines) is 1. The number of fused-ring (bicyclic) bond motifs is 1. The van der Waals surface area contributed by atoms with Crippen LogP contribution >= 0.6 is 0 Å².